The van der Waals surface area contributed by atoms with E-state index in [0.717, 1.165) is 0 Å². The molecule has 1 amide bonds. The number of para-hydroxylation sites is 2. The molecule has 0 aliphatic carbocycles. The normalized spacial score (nSPS) is 10.2. The molecule has 0 spiro atoms. The van der Waals surface area contributed by atoms with Crippen molar-refractivity contribution in [2.45, 2.75) is 6.61 Å². The summed E-state index contributed by atoms with van der Waals surface area (Å²) in [6.07, 6.45) is 1.57. The minimum atomic E-state index is -0.546. The predicted octanol–water partition coefficient (Wildman–Crippen LogP) is 3.29. The van der Waals surface area contributed by atoms with E-state index in [0.29, 0.717) is 28.4 Å². The SMILES string of the molecule is COc1ccccc1Nc1ncccc1C(=O)OCc1cccc(C(N)=O)c1. The Morgan fingerprint density at radius 3 is 2.68 bits per heavy atom. The summed E-state index contributed by atoms with van der Waals surface area (Å²) in [6, 6.07) is 17.2. The number of esters is 1. The molecule has 142 valence electrons. The highest BCUT2D eigenvalue weighted by Gasteiger charge is 2.15. The fraction of sp³-hybridized carbons (Fsp3) is 0.0952. The summed E-state index contributed by atoms with van der Waals surface area (Å²) in [6.45, 7) is 0.00292. The Kier molecular flexibility index (Phi) is 5.86. The van der Waals surface area contributed by atoms with E-state index < -0.39 is 11.9 Å². The summed E-state index contributed by atoms with van der Waals surface area (Å²) in [7, 11) is 1.56. The number of hydrogen-bond donors (Lipinski definition) is 2. The molecule has 3 aromatic rings. The molecule has 3 N–H and O–H groups in total. The molecule has 7 heteroatoms. The standard InChI is InChI=1S/C21H19N3O4/c1-27-18-10-3-2-9-17(18)24-20-16(8-5-11-23-20)21(26)28-13-14-6-4-7-15(12-14)19(22)25/h2-12H,13H2,1H3,(H2,22,25)(H,23,24). The van der Waals surface area contributed by atoms with E-state index in [9.17, 15) is 9.59 Å². The van der Waals surface area contributed by atoms with Crippen LogP contribution in [0.25, 0.3) is 0 Å². The summed E-state index contributed by atoms with van der Waals surface area (Å²) in [5, 5.41) is 3.10. The molecule has 1 heterocycles. The maximum atomic E-state index is 12.6. The molecule has 28 heavy (non-hydrogen) atoms. The van der Waals surface area contributed by atoms with Crippen LogP contribution in [-0.2, 0) is 11.3 Å². The van der Waals surface area contributed by atoms with E-state index in [4.69, 9.17) is 15.2 Å². The number of anilines is 2. The van der Waals surface area contributed by atoms with Crippen molar-refractivity contribution < 1.29 is 19.1 Å². The van der Waals surface area contributed by atoms with Gasteiger partial charge in [0, 0.05) is 11.8 Å². The van der Waals surface area contributed by atoms with Crippen LogP contribution in [0.4, 0.5) is 11.5 Å². The Morgan fingerprint density at radius 1 is 1.07 bits per heavy atom. The average molecular weight is 377 g/mol. The van der Waals surface area contributed by atoms with Gasteiger partial charge in [-0.1, -0.05) is 24.3 Å². The third-order valence-corrected chi connectivity index (χ3v) is 3.97. The summed E-state index contributed by atoms with van der Waals surface area (Å²) in [5.74, 6) is -0.114. The number of nitrogens with two attached hydrogens (primary N) is 1. The maximum Gasteiger partial charge on any atom is 0.342 e. The van der Waals surface area contributed by atoms with Crippen molar-refractivity contribution in [1.29, 1.82) is 0 Å². The number of amides is 1. The molecular weight excluding hydrogens is 358 g/mol. The Balaban J connectivity index is 1.76. The van der Waals surface area contributed by atoms with Gasteiger partial charge in [0.15, 0.2) is 0 Å². The second-order valence-electron chi connectivity index (χ2n) is 5.87. The van der Waals surface area contributed by atoms with Gasteiger partial charge in [-0.25, -0.2) is 9.78 Å². The van der Waals surface area contributed by atoms with Crippen molar-refractivity contribution in [1.82, 2.24) is 4.98 Å². The van der Waals surface area contributed by atoms with Gasteiger partial charge in [0.2, 0.25) is 5.91 Å². The first-order chi connectivity index (χ1) is 13.6. The first-order valence-electron chi connectivity index (χ1n) is 8.49. The Hall–Kier alpha value is -3.87. The van der Waals surface area contributed by atoms with Crippen LogP contribution in [0.2, 0.25) is 0 Å². The van der Waals surface area contributed by atoms with Crippen molar-refractivity contribution >= 4 is 23.4 Å². The summed E-state index contributed by atoms with van der Waals surface area (Å²) in [5.41, 5.74) is 7.24. The molecule has 0 fully saturated rings. The van der Waals surface area contributed by atoms with E-state index >= 15 is 0 Å². The lowest BCUT2D eigenvalue weighted by molar-refractivity contribution is 0.0473. The van der Waals surface area contributed by atoms with E-state index in [1.165, 1.54) is 0 Å². The van der Waals surface area contributed by atoms with Crippen molar-refractivity contribution in [2.75, 3.05) is 12.4 Å². The van der Waals surface area contributed by atoms with Crippen molar-refractivity contribution in [3.63, 3.8) is 0 Å². The van der Waals surface area contributed by atoms with E-state index in [1.54, 1.807) is 55.8 Å². The second kappa shape index (κ2) is 8.68. The van der Waals surface area contributed by atoms with Crippen LogP contribution in [0.3, 0.4) is 0 Å². The summed E-state index contributed by atoms with van der Waals surface area (Å²) >= 11 is 0. The molecule has 0 unspecified atom stereocenters. The second-order valence-corrected chi connectivity index (χ2v) is 5.87. The maximum absolute atomic E-state index is 12.6. The topological polar surface area (TPSA) is 104 Å². The minimum Gasteiger partial charge on any atom is -0.495 e. The van der Waals surface area contributed by atoms with Crippen LogP contribution in [-0.4, -0.2) is 24.0 Å². The summed E-state index contributed by atoms with van der Waals surface area (Å²) in [4.78, 5) is 28.1. The van der Waals surface area contributed by atoms with E-state index in [2.05, 4.69) is 10.3 Å². The molecular formula is C21H19N3O4. The fourth-order valence-corrected chi connectivity index (χ4v) is 2.59. The fourth-order valence-electron chi connectivity index (χ4n) is 2.59. The third-order valence-electron chi connectivity index (χ3n) is 3.97. The predicted molar refractivity (Wildman–Crippen MR) is 105 cm³/mol. The van der Waals surface area contributed by atoms with Gasteiger partial charge in [-0.3, -0.25) is 4.79 Å². The monoisotopic (exact) mass is 377 g/mol. The van der Waals surface area contributed by atoms with Gasteiger partial charge in [0.05, 0.1) is 12.8 Å². The highest BCUT2D eigenvalue weighted by molar-refractivity contribution is 5.95. The first kappa shape index (κ1) is 18.9. The van der Waals surface area contributed by atoms with Gasteiger partial charge >= 0.3 is 5.97 Å². The number of carbonyl (C=O) groups is 2. The molecule has 0 saturated heterocycles. The minimum absolute atomic E-state index is 0.00292. The van der Waals surface area contributed by atoms with E-state index in [-0.39, 0.29) is 12.2 Å². The van der Waals surface area contributed by atoms with Gasteiger partial charge < -0.3 is 20.5 Å². The highest BCUT2D eigenvalue weighted by Crippen LogP contribution is 2.27. The third kappa shape index (κ3) is 4.45. The Labute approximate surface area is 162 Å². The number of nitrogens with zero attached hydrogens (tertiary/aromatic N) is 1. The number of pyridine rings is 1. The number of ether oxygens (including phenoxy) is 2. The zero-order chi connectivity index (χ0) is 19.9. The van der Waals surface area contributed by atoms with Gasteiger partial charge in [0.25, 0.3) is 0 Å². The number of carbonyl (C=O) groups excluding carboxylic acids is 2. The van der Waals surface area contributed by atoms with Crippen LogP contribution >= 0.6 is 0 Å². The Bertz CT molecular complexity index is 1000. The number of nitrogens with one attached hydrogen (secondary N) is 1. The molecule has 0 atom stereocenters. The van der Waals surface area contributed by atoms with Crippen LogP contribution in [0.1, 0.15) is 26.3 Å². The number of methoxy groups -OCH3 is 1. The number of rotatable bonds is 7. The molecule has 2 aromatic carbocycles. The highest BCUT2D eigenvalue weighted by atomic mass is 16.5. The van der Waals surface area contributed by atoms with E-state index in [1.807, 2.05) is 18.2 Å². The molecule has 7 nitrogen and oxygen atoms in total. The molecule has 3 rings (SSSR count). The van der Waals surface area contributed by atoms with Crippen LogP contribution < -0.4 is 15.8 Å². The number of primary amides is 1. The van der Waals surface area contributed by atoms with Gasteiger partial charge in [-0.05, 0) is 42.0 Å². The van der Waals surface area contributed by atoms with Gasteiger partial charge in [-0.2, -0.15) is 0 Å². The van der Waals surface area contributed by atoms with Gasteiger partial charge in [0.1, 0.15) is 23.7 Å². The van der Waals surface area contributed by atoms with Crippen LogP contribution in [0.5, 0.6) is 5.75 Å². The van der Waals surface area contributed by atoms with Crippen molar-refractivity contribution in [3.05, 3.63) is 83.6 Å². The quantitative estimate of drug-likeness (QED) is 0.613. The number of aromatic nitrogens is 1. The zero-order valence-corrected chi connectivity index (χ0v) is 15.2. The van der Waals surface area contributed by atoms with Crippen LogP contribution in [0, 0.1) is 0 Å². The average Bonchev–Trinajstić information content (AvgIpc) is 2.73. The molecule has 0 radical (unpaired) electrons. The lowest BCUT2D eigenvalue weighted by atomic mass is 10.1. The van der Waals surface area contributed by atoms with Crippen LogP contribution in [0.15, 0.2) is 66.9 Å². The lowest BCUT2D eigenvalue weighted by Gasteiger charge is -2.13. The number of hydrogen-bond acceptors (Lipinski definition) is 6. The summed E-state index contributed by atoms with van der Waals surface area (Å²) < 4.78 is 10.7. The molecule has 0 bridgehead atoms. The smallest absolute Gasteiger partial charge is 0.342 e. The first-order valence-corrected chi connectivity index (χ1v) is 8.49. The Morgan fingerprint density at radius 2 is 1.89 bits per heavy atom. The largest absolute Gasteiger partial charge is 0.495 e. The van der Waals surface area contributed by atoms with Gasteiger partial charge in [-0.15, -0.1) is 0 Å². The molecule has 0 saturated carbocycles. The molecule has 0 aliphatic rings. The number of benzene rings is 2. The van der Waals surface area contributed by atoms with Crippen molar-refractivity contribution in [3.8, 4) is 5.75 Å². The lowest BCUT2D eigenvalue weighted by Crippen LogP contribution is -2.12. The zero-order valence-electron chi connectivity index (χ0n) is 15.2. The molecule has 1 aromatic heterocycles. The van der Waals surface area contributed by atoms with Crippen molar-refractivity contribution in [2.24, 2.45) is 5.73 Å². The molecule has 0 aliphatic heterocycles.